The molecule has 0 fully saturated rings. The van der Waals surface area contributed by atoms with Crippen molar-refractivity contribution in [3.8, 4) is 0 Å². The van der Waals surface area contributed by atoms with E-state index in [4.69, 9.17) is 4.74 Å². The third-order valence-corrected chi connectivity index (χ3v) is 7.38. The average Bonchev–Trinajstić information content (AvgIpc) is 2.91. The summed E-state index contributed by atoms with van der Waals surface area (Å²) in [6.45, 7) is 0.863. The van der Waals surface area contributed by atoms with Gasteiger partial charge in [0.25, 0.3) is 11.8 Å². The number of nitrogens with one attached hydrogen (secondary N) is 1. The third kappa shape index (κ3) is 4.57. The molecule has 2 amide bonds. The number of methoxy groups -OCH3 is 1. The smallest absolute Gasteiger partial charge is 0.259 e. The lowest BCUT2D eigenvalue weighted by molar-refractivity contribution is 0.0945. The van der Waals surface area contributed by atoms with Gasteiger partial charge in [0.2, 0.25) is 9.84 Å². The summed E-state index contributed by atoms with van der Waals surface area (Å²) in [6, 6.07) is 15.8. The molecule has 1 heterocycles. The molecule has 0 spiro atoms. The highest BCUT2D eigenvalue weighted by Gasteiger charge is 2.36. The normalized spacial score (nSPS) is 14.2. The molecule has 9 heteroatoms. The van der Waals surface area contributed by atoms with Crippen molar-refractivity contribution >= 4 is 27.3 Å². The van der Waals surface area contributed by atoms with Gasteiger partial charge in [0.05, 0.1) is 27.6 Å². The monoisotopic (exact) mass is 482 g/mol. The van der Waals surface area contributed by atoms with E-state index in [0.717, 1.165) is 0 Å². The second-order valence-corrected chi connectivity index (χ2v) is 9.69. The molecular formula is C25H23FN2O5S. The van der Waals surface area contributed by atoms with E-state index in [0.29, 0.717) is 25.1 Å². The van der Waals surface area contributed by atoms with Crippen LogP contribution in [0.5, 0.6) is 0 Å². The first kappa shape index (κ1) is 23.6. The van der Waals surface area contributed by atoms with Crippen LogP contribution >= 0.6 is 0 Å². The average molecular weight is 483 g/mol. The number of sulfone groups is 1. The highest BCUT2D eigenvalue weighted by atomic mass is 32.2. The highest BCUT2D eigenvalue weighted by Crippen LogP contribution is 2.38. The van der Waals surface area contributed by atoms with Crippen LogP contribution in [0.15, 0.2) is 76.5 Å². The van der Waals surface area contributed by atoms with E-state index in [9.17, 15) is 22.4 Å². The number of amides is 2. The minimum atomic E-state index is -4.04. The molecule has 1 aliphatic heterocycles. The molecule has 0 saturated heterocycles. The first-order valence-corrected chi connectivity index (χ1v) is 12.1. The van der Waals surface area contributed by atoms with Gasteiger partial charge in [-0.05, 0) is 54.4 Å². The van der Waals surface area contributed by atoms with Crippen LogP contribution in [-0.2, 0) is 21.1 Å². The molecule has 0 atom stereocenters. The number of ether oxygens (including phenoxy) is 1. The van der Waals surface area contributed by atoms with Gasteiger partial charge < -0.3 is 15.0 Å². The van der Waals surface area contributed by atoms with Crippen LogP contribution in [-0.4, -0.2) is 40.5 Å². The van der Waals surface area contributed by atoms with Crippen molar-refractivity contribution < 1.29 is 27.1 Å². The van der Waals surface area contributed by atoms with Gasteiger partial charge in [0, 0.05) is 25.8 Å². The van der Waals surface area contributed by atoms with E-state index < -0.39 is 27.5 Å². The fourth-order valence-electron chi connectivity index (χ4n) is 3.80. The summed E-state index contributed by atoms with van der Waals surface area (Å²) < 4.78 is 45.4. The van der Waals surface area contributed by atoms with Crippen molar-refractivity contribution in [2.75, 3.05) is 25.2 Å². The maximum absolute atomic E-state index is 13.6. The van der Waals surface area contributed by atoms with Crippen molar-refractivity contribution in [1.82, 2.24) is 5.32 Å². The van der Waals surface area contributed by atoms with Crippen LogP contribution in [0.3, 0.4) is 0 Å². The molecule has 4 rings (SSSR count). The van der Waals surface area contributed by atoms with Gasteiger partial charge in [-0.15, -0.1) is 0 Å². The summed E-state index contributed by atoms with van der Waals surface area (Å²) in [5.74, 6) is -1.35. The number of carbonyl (C=O) groups excluding carboxylic acids is 2. The second kappa shape index (κ2) is 9.74. The lowest BCUT2D eigenvalue weighted by atomic mass is 10.1. The van der Waals surface area contributed by atoms with E-state index in [1.54, 1.807) is 19.2 Å². The van der Waals surface area contributed by atoms with Gasteiger partial charge in [-0.1, -0.05) is 24.3 Å². The van der Waals surface area contributed by atoms with Gasteiger partial charge in [0.15, 0.2) is 0 Å². The second-order valence-electron chi connectivity index (χ2n) is 7.80. The molecule has 176 valence electrons. The summed E-state index contributed by atoms with van der Waals surface area (Å²) in [6.07, 6.45) is 0.617. The topological polar surface area (TPSA) is 92.8 Å². The summed E-state index contributed by atoms with van der Waals surface area (Å²) >= 11 is 0. The number of hydrogen-bond donors (Lipinski definition) is 1. The standard InChI is InChI=1S/C25H23FN2O5S/c1-33-14-4-13-27-24(29)18-9-12-23-21(15-18)28(16-17-7-10-19(26)11-8-17)25(30)20-5-2-3-6-22(20)34(23,31)32/h2-3,5-12,15H,4,13-14,16H2,1H3,(H,27,29). The Labute approximate surface area is 197 Å². The predicted molar refractivity (Wildman–Crippen MR) is 124 cm³/mol. The van der Waals surface area contributed by atoms with Crippen molar-refractivity contribution in [3.05, 3.63) is 89.2 Å². The Balaban J connectivity index is 1.81. The fraction of sp³-hybridized carbons (Fsp3) is 0.200. The SMILES string of the molecule is COCCCNC(=O)c1ccc2c(c1)N(Cc1ccc(F)cc1)C(=O)c1ccccc1S2(=O)=O. The minimum absolute atomic E-state index is 0.00508. The number of halogens is 1. The van der Waals surface area contributed by atoms with E-state index in [1.165, 1.54) is 59.5 Å². The number of carbonyl (C=O) groups is 2. The summed E-state index contributed by atoms with van der Waals surface area (Å²) in [4.78, 5) is 27.4. The number of benzene rings is 3. The molecule has 0 aliphatic carbocycles. The maximum atomic E-state index is 13.6. The van der Waals surface area contributed by atoms with Crippen molar-refractivity contribution in [3.63, 3.8) is 0 Å². The molecule has 0 radical (unpaired) electrons. The van der Waals surface area contributed by atoms with Crippen LogP contribution in [0.1, 0.15) is 32.7 Å². The number of nitrogens with zero attached hydrogens (tertiary/aromatic N) is 1. The summed E-state index contributed by atoms with van der Waals surface area (Å²) in [7, 11) is -2.47. The maximum Gasteiger partial charge on any atom is 0.259 e. The molecular weight excluding hydrogens is 459 g/mol. The van der Waals surface area contributed by atoms with E-state index in [-0.39, 0.29) is 33.2 Å². The Morgan fingerprint density at radius 3 is 2.50 bits per heavy atom. The number of fused-ring (bicyclic) bond motifs is 2. The molecule has 1 aliphatic rings. The van der Waals surface area contributed by atoms with Crippen molar-refractivity contribution in [2.45, 2.75) is 22.8 Å². The first-order valence-electron chi connectivity index (χ1n) is 10.6. The largest absolute Gasteiger partial charge is 0.385 e. The Morgan fingerprint density at radius 1 is 1.03 bits per heavy atom. The number of anilines is 1. The van der Waals surface area contributed by atoms with Gasteiger partial charge in [-0.2, -0.15) is 0 Å². The predicted octanol–water partition coefficient (Wildman–Crippen LogP) is 3.59. The van der Waals surface area contributed by atoms with Gasteiger partial charge in [0.1, 0.15) is 5.82 Å². The molecule has 1 N–H and O–H groups in total. The zero-order valence-corrected chi connectivity index (χ0v) is 19.3. The van der Waals surface area contributed by atoms with Crippen LogP contribution in [0.25, 0.3) is 0 Å². The van der Waals surface area contributed by atoms with Crippen LogP contribution < -0.4 is 10.2 Å². The molecule has 7 nitrogen and oxygen atoms in total. The highest BCUT2D eigenvalue weighted by molar-refractivity contribution is 7.91. The van der Waals surface area contributed by atoms with E-state index in [1.807, 2.05) is 0 Å². The third-order valence-electron chi connectivity index (χ3n) is 5.52. The molecule has 0 aromatic heterocycles. The quantitative estimate of drug-likeness (QED) is 0.520. The van der Waals surface area contributed by atoms with E-state index in [2.05, 4.69) is 5.32 Å². The molecule has 0 bridgehead atoms. The van der Waals surface area contributed by atoms with Crippen molar-refractivity contribution in [2.24, 2.45) is 0 Å². The summed E-state index contributed by atoms with van der Waals surface area (Å²) in [5, 5.41) is 2.76. The minimum Gasteiger partial charge on any atom is -0.385 e. The summed E-state index contributed by atoms with van der Waals surface area (Å²) in [5.41, 5.74) is 0.947. The number of rotatable bonds is 7. The number of hydrogen-bond acceptors (Lipinski definition) is 5. The van der Waals surface area contributed by atoms with Gasteiger partial charge >= 0.3 is 0 Å². The molecule has 34 heavy (non-hydrogen) atoms. The lowest BCUT2D eigenvalue weighted by Crippen LogP contribution is -2.31. The first-order chi connectivity index (χ1) is 16.3. The zero-order valence-electron chi connectivity index (χ0n) is 18.5. The van der Waals surface area contributed by atoms with Gasteiger partial charge in [-0.3, -0.25) is 9.59 Å². The lowest BCUT2D eigenvalue weighted by Gasteiger charge is -2.23. The zero-order chi connectivity index (χ0) is 24.3. The molecule has 0 saturated carbocycles. The molecule has 3 aromatic rings. The fourth-order valence-corrected chi connectivity index (χ4v) is 5.43. The van der Waals surface area contributed by atoms with Crippen LogP contribution in [0, 0.1) is 5.82 Å². The van der Waals surface area contributed by atoms with Gasteiger partial charge in [-0.25, -0.2) is 12.8 Å². The Kier molecular flexibility index (Phi) is 6.76. The molecule has 3 aromatic carbocycles. The molecule has 0 unspecified atom stereocenters. The Bertz CT molecular complexity index is 1340. The van der Waals surface area contributed by atoms with Crippen molar-refractivity contribution in [1.29, 1.82) is 0 Å². The Morgan fingerprint density at radius 2 is 1.76 bits per heavy atom. The Hall–Kier alpha value is -3.56. The van der Waals surface area contributed by atoms with E-state index >= 15 is 0 Å². The van der Waals surface area contributed by atoms with Crippen LogP contribution in [0.4, 0.5) is 10.1 Å². The van der Waals surface area contributed by atoms with Crippen LogP contribution in [0.2, 0.25) is 0 Å².